The molecule has 0 aliphatic heterocycles. The molecule has 1 atom stereocenters. The van der Waals surface area contributed by atoms with E-state index in [2.05, 4.69) is 20.1 Å². The zero-order chi connectivity index (χ0) is 22.6. The van der Waals surface area contributed by atoms with Crippen LogP contribution in [0.15, 0.2) is 54.9 Å². The van der Waals surface area contributed by atoms with Crippen molar-refractivity contribution in [2.75, 3.05) is 6.54 Å². The number of benzene rings is 1. The molecule has 0 aliphatic rings. The average molecular weight is 434 g/mol. The molecular weight excluding hydrogens is 413 g/mol. The van der Waals surface area contributed by atoms with Gasteiger partial charge >= 0.3 is 6.36 Å². The number of nitrogens with one attached hydrogen (secondary N) is 1. The lowest BCUT2D eigenvalue weighted by Gasteiger charge is -2.15. The number of ether oxygens (including phenoxy) is 1. The molecule has 0 fully saturated rings. The number of alkyl halides is 3. The number of hydrogen-bond acceptors (Lipinski definition) is 5. The highest BCUT2D eigenvalue weighted by Crippen LogP contribution is 2.25. The molecule has 164 valence electrons. The van der Waals surface area contributed by atoms with Gasteiger partial charge in [0.1, 0.15) is 5.75 Å². The molecule has 3 aromatic rings. The molecule has 3 rings (SSSR count). The molecule has 1 aromatic carbocycles. The number of rotatable bonds is 7. The maximum absolute atomic E-state index is 12.7. The van der Waals surface area contributed by atoms with E-state index in [9.17, 15) is 23.1 Å². The molecule has 31 heavy (non-hydrogen) atoms. The molecule has 2 aromatic heterocycles. The second kappa shape index (κ2) is 9.17. The van der Waals surface area contributed by atoms with E-state index >= 15 is 0 Å². The molecule has 0 saturated carbocycles. The van der Waals surface area contributed by atoms with Gasteiger partial charge in [0.15, 0.2) is 5.82 Å². The van der Waals surface area contributed by atoms with Gasteiger partial charge < -0.3 is 15.2 Å². The summed E-state index contributed by atoms with van der Waals surface area (Å²) in [6.45, 7) is 3.71. The SMILES string of the molecule is CC(C)c1c(C(=O)NCC(O)c2ccc(OC(F)(F)F)cc2)cnn1-c1ccccn1. The van der Waals surface area contributed by atoms with Crippen LogP contribution in [0.25, 0.3) is 5.82 Å². The molecule has 7 nitrogen and oxygen atoms in total. The molecule has 0 spiro atoms. The summed E-state index contributed by atoms with van der Waals surface area (Å²) in [4.78, 5) is 17.0. The molecule has 2 heterocycles. The first-order valence-corrected chi connectivity index (χ1v) is 9.47. The fourth-order valence-corrected chi connectivity index (χ4v) is 3.04. The fourth-order valence-electron chi connectivity index (χ4n) is 3.04. The minimum atomic E-state index is -4.79. The molecule has 0 bridgehead atoms. The Hall–Kier alpha value is -3.40. The van der Waals surface area contributed by atoms with E-state index in [1.54, 1.807) is 23.0 Å². The molecule has 1 unspecified atom stereocenters. The van der Waals surface area contributed by atoms with Crippen molar-refractivity contribution >= 4 is 5.91 Å². The van der Waals surface area contributed by atoms with E-state index in [0.717, 1.165) is 12.1 Å². The van der Waals surface area contributed by atoms with Crippen LogP contribution in [0.3, 0.4) is 0 Å². The van der Waals surface area contributed by atoms with Crippen LogP contribution in [0.5, 0.6) is 5.75 Å². The Balaban J connectivity index is 1.69. The number of amides is 1. The van der Waals surface area contributed by atoms with Crippen molar-refractivity contribution in [2.24, 2.45) is 0 Å². The van der Waals surface area contributed by atoms with Crippen molar-refractivity contribution in [3.8, 4) is 11.6 Å². The summed E-state index contributed by atoms with van der Waals surface area (Å²) in [5.41, 5.74) is 1.35. The van der Waals surface area contributed by atoms with Gasteiger partial charge in [0, 0.05) is 12.7 Å². The highest BCUT2D eigenvalue weighted by molar-refractivity contribution is 5.95. The minimum absolute atomic E-state index is 0.0312. The lowest BCUT2D eigenvalue weighted by molar-refractivity contribution is -0.274. The Morgan fingerprint density at radius 1 is 1.19 bits per heavy atom. The van der Waals surface area contributed by atoms with E-state index in [-0.39, 0.29) is 12.5 Å². The molecule has 0 saturated heterocycles. The highest BCUT2D eigenvalue weighted by atomic mass is 19.4. The van der Waals surface area contributed by atoms with Gasteiger partial charge in [0.05, 0.1) is 23.6 Å². The Bertz CT molecular complexity index is 1020. The third-order valence-electron chi connectivity index (χ3n) is 4.42. The summed E-state index contributed by atoms with van der Waals surface area (Å²) >= 11 is 0. The summed E-state index contributed by atoms with van der Waals surface area (Å²) in [6.07, 6.45) is -2.84. The predicted molar refractivity (Wildman–Crippen MR) is 106 cm³/mol. The first-order chi connectivity index (χ1) is 14.7. The van der Waals surface area contributed by atoms with Gasteiger partial charge in [0.2, 0.25) is 0 Å². The molecule has 0 radical (unpaired) electrons. The number of aliphatic hydroxyl groups excluding tert-OH is 1. The zero-order valence-corrected chi connectivity index (χ0v) is 16.8. The number of aromatic nitrogens is 3. The topological polar surface area (TPSA) is 89.3 Å². The van der Waals surface area contributed by atoms with E-state index in [4.69, 9.17) is 0 Å². The molecule has 1 amide bonds. The number of hydrogen-bond donors (Lipinski definition) is 2. The van der Waals surface area contributed by atoms with Crippen molar-refractivity contribution in [3.05, 3.63) is 71.7 Å². The summed E-state index contributed by atoms with van der Waals surface area (Å²) in [5.74, 6) is -0.277. The average Bonchev–Trinajstić information content (AvgIpc) is 3.17. The Labute approximate surface area is 176 Å². The second-order valence-electron chi connectivity index (χ2n) is 7.04. The minimum Gasteiger partial charge on any atom is -0.406 e. The molecule has 0 aliphatic carbocycles. The standard InChI is InChI=1S/C21H21F3N4O3/c1-13(2)19-16(11-27-28(19)18-5-3-4-10-25-18)20(30)26-12-17(29)14-6-8-15(9-7-14)31-21(22,23)24/h3-11,13,17,29H,12H2,1-2H3,(H,26,30). The van der Waals surface area contributed by atoms with Gasteiger partial charge in [-0.25, -0.2) is 9.67 Å². The smallest absolute Gasteiger partial charge is 0.406 e. The van der Waals surface area contributed by atoms with Gasteiger partial charge in [0.25, 0.3) is 5.91 Å². The molecular formula is C21H21F3N4O3. The lowest BCUT2D eigenvalue weighted by atomic mass is 10.0. The summed E-state index contributed by atoms with van der Waals surface area (Å²) in [6, 6.07) is 10.2. The van der Waals surface area contributed by atoms with Crippen molar-refractivity contribution in [1.29, 1.82) is 0 Å². The van der Waals surface area contributed by atoms with Crippen molar-refractivity contribution < 1.29 is 27.8 Å². The Morgan fingerprint density at radius 2 is 1.90 bits per heavy atom. The summed E-state index contributed by atoms with van der Waals surface area (Å²) in [7, 11) is 0. The number of carbonyl (C=O) groups is 1. The number of pyridine rings is 1. The van der Waals surface area contributed by atoms with E-state index in [1.165, 1.54) is 18.3 Å². The van der Waals surface area contributed by atoms with Gasteiger partial charge in [-0.05, 0) is 35.7 Å². The first-order valence-electron chi connectivity index (χ1n) is 9.47. The maximum atomic E-state index is 12.7. The number of aliphatic hydroxyl groups is 1. The Morgan fingerprint density at radius 3 is 2.48 bits per heavy atom. The van der Waals surface area contributed by atoms with Gasteiger partial charge in [-0.3, -0.25) is 4.79 Å². The van der Waals surface area contributed by atoms with Crippen molar-refractivity contribution in [2.45, 2.75) is 32.2 Å². The Kier molecular flexibility index (Phi) is 6.59. The third-order valence-corrected chi connectivity index (χ3v) is 4.42. The van der Waals surface area contributed by atoms with Crippen LogP contribution in [-0.2, 0) is 0 Å². The fraction of sp³-hybridized carbons (Fsp3) is 0.286. The molecule has 2 N–H and O–H groups in total. The predicted octanol–water partition coefficient (Wildman–Crippen LogP) is 3.75. The maximum Gasteiger partial charge on any atom is 0.573 e. The van der Waals surface area contributed by atoms with Crippen LogP contribution < -0.4 is 10.1 Å². The number of carbonyl (C=O) groups excluding carboxylic acids is 1. The molecule has 10 heteroatoms. The largest absolute Gasteiger partial charge is 0.573 e. The first kappa shape index (κ1) is 22.3. The monoisotopic (exact) mass is 434 g/mol. The number of halogens is 3. The van der Waals surface area contributed by atoms with Crippen LogP contribution >= 0.6 is 0 Å². The lowest BCUT2D eigenvalue weighted by Crippen LogP contribution is -2.29. The van der Waals surface area contributed by atoms with Crippen molar-refractivity contribution in [1.82, 2.24) is 20.1 Å². The normalized spacial score (nSPS) is 12.6. The van der Waals surface area contributed by atoms with E-state index in [0.29, 0.717) is 22.6 Å². The second-order valence-corrected chi connectivity index (χ2v) is 7.04. The van der Waals surface area contributed by atoms with Crippen LogP contribution in [-0.4, -0.2) is 38.7 Å². The van der Waals surface area contributed by atoms with Crippen molar-refractivity contribution in [3.63, 3.8) is 0 Å². The van der Waals surface area contributed by atoms with Crippen LogP contribution in [0.1, 0.15) is 47.5 Å². The quantitative estimate of drug-likeness (QED) is 0.591. The summed E-state index contributed by atoms with van der Waals surface area (Å²) < 4.78 is 42.1. The third kappa shape index (κ3) is 5.60. The van der Waals surface area contributed by atoms with Gasteiger partial charge in [-0.2, -0.15) is 5.10 Å². The van der Waals surface area contributed by atoms with E-state index < -0.39 is 24.1 Å². The number of nitrogens with zero attached hydrogens (tertiary/aromatic N) is 3. The van der Waals surface area contributed by atoms with Gasteiger partial charge in [-0.1, -0.05) is 32.0 Å². The zero-order valence-electron chi connectivity index (χ0n) is 16.8. The van der Waals surface area contributed by atoms with Gasteiger partial charge in [-0.15, -0.1) is 13.2 Å². The summed E-state index contributed by atoms with van der Waals surface area (Å²) in [5, 5.41) is 17.2. The highest BCUT2D eigenvalue weighted by Gasteiger charge is 2.31. The van der Waals surface area contributed by atoms with Crippen LogP contribution in [0.2, 0.25) is 0 Å². The van der Waals surface area contributed by atoms with Crippen LogP contribution in [0, 0.1) is 0 Å². The van der Waals surface area contributed by atoms with E-state index in [1.807, 2.05) is 19.9 Å². The van der Waals surface area contributed by atoms with Crippen LogP contribution in [0.4, 0.5) is 13.2 Å².